The Bertz CT molecular complexity index is 277. The molecule has 0 aromatic rings. The van der Waals surface area contributed by atoms with Crippen LogP contribution in [0.4, 0.5) is 0 Å². The third kappa shape index (κ3) is 5.49. The molecule has 0 saturated carbocycles. The lowest BCUT2D eigenvalue weighted by Crippen LogP contribution is -2.41. The third-order valence-corrected chi connectivity index (χ3v) is 2.81. The van der Waals surface area contributed by atoms with E-state index in [9.17, 15) is 9.59 Å². The van der Waals surface area contributed by atoms with Gasteiger partial charge in [-0.05, 0) is 33.0 Å². The van der Waals surface area contributed by atoms with Crippen molar-refractivity contribution in [3.63, 3.8) is 0 Å². The number of nitrogens with zero attached hydrogens (tertiary/aromatic N) is 1. The van der Waals surface area contributed by atoms with Gasteiger partial charge in [0.05, 0.1) is 5.92 Å². The highest BCUT2D eigenvalue weighted by molar-refractivity contribution is 5.86. The van der Waals surface area contributed by atoms with Gasteiger partial charge in [0.15, 0.2) is 0 Å². The molecule has 17 heavy (non-hydrogen) atoms. The minimum Gasteiger partial charge on any atom is -0.481 e. The molecule has 0 aliphatic carbocycles. The smallest absolute Gasteiger partial charge is 0.308 e. The molecule has 0 aromatic heterocycles. The number of carboxylic acid groups (broad SMARTS) is 1. The molecule has 0 fully saturated rings. The van der Waals surface area contributed by atoms with E-state index in [2.05, 4.69) is 11.9 Å². The predicted molar refractivity (Wildman–Crippen MR) is 66.7 cm³/mol. The number of aliphatic carboxylic acids is 1. The van der Waals surface area contributed by atoms with Gasteiger partial charge in [-0.25, -0.2) is 0 Å². The molecule has 0 spiro atoms. The summed E-state index contributed by atoms with van der Waals surface area (Å²) in [6.07, 6.45) is 2.39. The first-order valence-electron chi connectivity index (χ1n) is 5.73. The van der Waals surface area contributed by atoms with Crippen molar-refractivity contribution in [3.05, 3.63) is 12.7 Å². The highest BCUT2D eigenvalue weighted by atomic mass is 16.4. The third-order valence-electron chi connectivity index (χ3n) is 2.81. The molecule has 0 saturated heterocycles. The maximum Gasteiger partial charge on any atom is 0.308 e. The Hall–Kier alpha value is -1.36. The fraction of sp³-hybridized carbons (Fsp3) is 0.667. The minimum absolute atomic E-state index is 0.0809. The molecule has 98 valence electrons. The lowest BCUT2D eigenvalue weighted by molar-refractivity contribution is -0.144. The number of rotatable bonds is 8. The van der Waals surface area contributed by atoms with Crippen molar-refractivity contribution in [2.45, 2.75) is 25.8 Å². The van der Waals surface area contributed by atoms with Gasteiger partial charge in [-0.15, -0.1) is 0 Å². The van der Waals surface area contributed by atoms with E-state index in [0.717, 1.165) is 0 Å². The zero-order chi connectivity index (χ0) is 13.4. The SMILES string of the molecule is C=CC(=O)NCCC(C(CC)C(=O)O)N(C)C. The molecule has 2 unspecified atom stereocenters. The van der Waals surface area contributed by atoms with Crippen LogP contribution in [0.3, 0.4) is 0 Å². The molecule has 0 aliphatic heterocycles. The zero-order valence-electron chi connectivity index (χ0n) is 10.8. The van der Waals surface area contributed by atoms with Crippen LogP contribution in [0.2, 0.25) is 0 Å². The minimum atomic E-state index is -0.791. The van der Waals surface area contributed by atoms with Crippen LogP contribution < -0.4 is 5.32 Å². The van der Waals surface area contributed by atoms with E-state index in [1.165, 1.54) is 6.08 Å². The summed E-state index contributed by atoms with van der Waals surface area (Å²) < 4.78 is 0. The monoisotopic (exact) mass is 242 g/mol. The fourth-order valence-electron chi connectivity index (χ4n) is 1.85. The summed E-state index contributed by atoms with van der Waals surface area (Å²) >= 11 is 0. The number of hydrogen-bond acceptors (Lipinski definition) is 3. The Balaban J connectivity index is 4.38. The van der Waals surface area contributed by atoms with Crippen molar-refractivity contribution in [3.8, 4) is 0 Å². The van der Waals surface area contributed by atoms with Gasteiger partial charge in [0, 0.05) is 12.6 Å². The molecule has 0 heterocycles. The van der Waals surface area contributed by atoms with E-state index >= 15 is 0 Å². The average Bonchev–Trinajstić information content (AvgIpc) is 2.26. The molecule has 1 amide bonds. The van der Waals surface area contributed by atoms with E-state index in [4.69, 9.17) is 5.11 Å². The molecule has 0 aromatic carbocycles. The second kappa shape index (κ2) is 7.84. The maximum atomic E-state index is 11.1. The summed E-state index contributed by atoms with van der Waals surface area (Å²) in [6.45, 7) is 5.67. The van der Waals surface area contributed by atoms with E-state index < -0.39 is 11.9 Å². The van der Waals surface area contributed by atoms with Crippen LogP contribution in [0, 0.1) is 5.92 Å². The van der Waals surface area contributed by atoms with Gasteiger partial charge in [-0.2, -0.15) is 0 Å². The Labute approximate surface area is 102 Å². The van der Waals surface area contributed by atoms with Crippen molar-refractivity contribution >= 4 is 11.9 Å². The van der Waals surface area contributed by atoms with Crippen LogP contribution in [0.25, 0.3) is 0 Å². The Morgan fingerprint density at radius 2 is 2.06 bits per heavy atom. The van der Waals surface area contributed by atoms with Crippen LogP contribution in [-0.2, 0) is 9.59 Å². The Morgan fingerprint density at radius 3 is 2.41 bits per heavy atom. The molecule has 0 rings (SSSR count). The van der Waals surface area contributed by atoms with Crippen LogP contribution in [0.1, 0.15) is 19.8 Å². The van der Waals surface area contributed by atoms with Crippen LogP contribution in [-0.4, -0.2) is 48.6 Å². The van der Waals surface area contributed by atoms with Crippen molar-refractivity contribution in [1.29, 1.82) is 0 Å². The van der Waals surface area contributed by atoms with Gasteiger partial charge in [-0.3, -0.25) is 9.59 Å². The van der Waals surface area contributed by atoms with Gasteiger partial charge in [0.1, 0.15) is 0 Å². The van der Waals surface area contributed by atoms with Gasteiger partial charge >= 0.3 is 5.97 Å². The summed E-state index contributed by atoms with van der Waals surface area (Å²) in [5.41, 5.74) is 0. The Kier molecular flexibility index (Phi) is 7.21. The molecule has 2 N–H and O–H groups in total. The number of carbonyl (C=O) groups excluding carboxylic acids is 1. The van der Waals surface area contributed by atoms with Gasteiger partial charge in [-0.1, -0.05) is 13.5 Å². The molecule has 0 radical (unpaired) electrons. The zero-order valence-corrected chi connectivity index (χ0v) is 10.8. The molecular weight excluding hydrogens is 220 g/mol. The highest BCUT2D eigenvalue weighted by Crippen LogP contribution is 2.16. The van der Waals surface area contributed by atoms with Crippen LogP contribution in [0.15, 0.2) is 12.7 Å². The molecule has 5 nitrogen and oxygen atoms in total. The van der Waals surface area contributed by atoms with Crippen LogP contribution in [0.5, 0.6) is 0 Å². The number of carbonyl (C=O) groups is 2. The molecule has 0 aliphatic rings. The summed E-state index contributed by atoms with van der Waals surface area (Å²) in [4.78, 5) is 24.0. The predicted octanol–water partition coefficient (Wildman–Crippen LogP) is 0.720. The summed E-state index contributed by atoms with van der Waals surface area (Å²) in [6, 6.07) is -0.0809. The van der Waals surface area contributed by atoms with Crippen molar-refractivity contribution in [1.82, 2.24) is 10.2 Å². The average molecular weight is 242 g/mol. The van der Waals surface area contributed by atoms with Gasteiger partial charge in [0.25, 0.3) is 0 Å². The normalized spacial score (nSPS) is 14.1. The summed E-state index contributed by atoms with van der Waals surface area (Å²) in [5, 5.41) is 11.8. The second-order valence-electron chi connectivity index (χ2n) is 4.17. The topological polar surface area (TPSA) is 69.6 Å². The molecule has 5 heteroatoms. The first-order chi connectivity index (χ1) is 7.93. The quantitative estimate of drug-likeness (QED) is 0.615. The van der Waals surface area contributed by atoms with Gasteiger partial charge in [0.2, 0.25) is 5.91 Å². The fourth-order valence-corrected chi connectivity index (χ4v) is 1.85. The molecule has 0 bridgehead atoms. The molecular formula is C12H22N2O3. The van der Waals surface area contributed by atoms with E-state index in [0.29, 0.717) is 19.4 Å². The van der Waals surface area contributed by atoms with Crippen LogP contribution >= 0.6 is 0 Å². The second-order valence-corrected chi connectivity index (χ2v) is 4.17. The van der Waals surface area contributed by atoms with Gasteiger partial charge < -0.3 is 15.3 Å². The van der Waals surface area contributed by atoms with Crippen molar-refractivity contribution in [2.24, 2.45) is 5.92 Å². The maximum absolute atomic E-state index is 11.1. The number of amides is 1. The number of carboxylic acids is 1. The lowest BCUT2D eigenvalue weighted by atomic mass is 9.93. The van der Waals surface area contributed by atoms with E-state index in [-0.39, 0.29) is 11.9 Å². The lowest BCUT2D eigenvalue weighted by Gasteiger charge is -2.29. The molecule has 2 atom stereocenters. The highest BCUT2D eigenvalue weighted by Gasteiger charge is 2.27. The first kappa shape index (κ1) is 15.6. The standard InChI is InChI=1S/C12H22N2O3/c1-5-9(12(16)17)10(14(3)4)7-8-13-11(15)6-2/h6,9-10H,2,5,7-8H2,1,3-4H3,(H,13,15)(H,16,17). The van der Waals surface area contributed by atoms with E-state index in [1.807, 2.05) is 25.9 Å². The number of nitrogens with one attached hydrogen (secondary N) is 1. The summed E-state index contributed by atoms with van der Waals surface area (Å²) in [7, 11) is 3.71. The first-order valence-corrected chi connectivity index (χ1v) is 5.73. The Morgan fingerprint density at radius 1 is 1.47 bits per heavy atom. The van der Waals surface area contributed by atoms with Crippen molar-refractivity contribution < 1.29 is 14.7 Å². The van der Waals surface area contributed by atoms with E-state index in [1.54, 1.807) is 0 Å². The van der Waals surface area contributed by atoms with Crippen molar-refractivity contribution in [2.75, 3.05) is 20.6 Å². The number of hydrogen-bond donors (Lipinski definition) is 2. The largest absolute Gasteiger partial charge is 0.481 e. The summed E-state index contributed by atoms with van der Waals surface area (Å²) in [5.74, 6) is -1.43.